The monoisotopic (exact) mass is 319 g/mol. The molecule has 1 amide bonds. The lowest BCUT2D eigenvalue weighted by Crippen LogP contribution is -2.64. The summed E-state index contributed by atoms with van der Waals surface area (Å²) in [6, 6.07) is 8.38. The fraction of sp³-hybridized carbons (Fsp3) is 0.312. The second-order valence-electron chi connectivity index (χ2n) is 4.90. The van der Waals surface area contributed by atoms with Gasteiger partial charge in [0.1, 0.15) is 18.6 Å². The van der Waals surface area contributed by atoms with Gasteiger partial charge in [-0.25, -0.2) is 9.59 Å². The van der Waals surface area contributed by atoms with Gasteiger partial charge in [0.15, 0.2) is 6.23 Å². The van der Waals surface area contributed by atoms with E-state index in [1.165, 1.54) is 13.0 Å². The van der Waals surface area contributed by atoms with Crippen LogP contribution < -0.4 is 5.32 Å². The Hall–Kier alpha value is -2.83. The van der Waals surface area contributed by atoms with Crippen molar-refractivity contribution in [2.24, 2.45) is 5.92 Å². The lowest BCUT2D eigenvalue weighted by molar-refractivity contribution is -0.156. The second-order valence-corrected chi connectivity index (χ2v) is 4.90. The maximum Gasteiger partial charge on any atom is 0.508 e. The summed E-state index contributed by atoms with van der Waals surface area (Å²) < 4.78 is 14.9. The van der Waals surface area contributed by atoms with E-state index < -0.39 is 30.4 Å². The van der Waals surface area contributed by atoms with E-state index in [2.05, 4.69) is 16.6 Å². The van der Waals surface area contributed by atoms with E-state index in [0.29, 0.717) is 5.56 Å². The molecule has 1 fully saturated rings. The van der Waals surface area contributed by atoms with Gasteiger partial charge in [0, 0.05) is 0 Å². The Bertz CT molecular complexity index is 600. The van der Waals surface area contributed by atoms with E-state index in [4.69, 9.17) is 9.47 Å². The molecule has 0 aromatic heterocycles. The summed E-state index contributed by atoms with van der Waals surface area (Å²) >= 11 is 0. The predicted octanol–water partition coefficient (Wildman–Crippen LogP) is 1.64. The molecular weight excluding hydrogens is 302 g/mol. The molecule has 122 valence electrons. The molecule has 1 aromatic rings. The largest absolute Gasteiger partial charge is 0.508 e. The number of amides is 1. The van der Waals surface area contributed by atoms with Crippen LogP contribution in [0.25, 0.3) is 0 Å². The van der Waals surface area contributed by atoms with Gasteiger partial charge in [-0.15, -0.1) is 0 Å². The molecule has 1 aliphatic heterocycles. The summed E-state index contributed by atoms with van der Waals surface area (Å²) in [5.41, 5.74) is 0.367. The highest BCUT2D eigenvalue weighted by molar-refractivity contribution is 5.92. The minimum Gasteiger partial charge on any atom is -0.437 e. The summed E-state index contributed by atoms with van der Waals surface area (Å²) in [5.74, 6) is -1.71. The normalized spacial score (nSPS) is 20.5. The first kappa shape index (κ1) is 16.5. The quantitative estimate of drug-likeness (QED) is 0.487. The van der Waals surface area contributed by atoms with Crippen molar-refractivity contribution in [3.63, 3.8) is 0 Å². The Balaban J connectivity index is 1.91. The van der Waals surface area contributed by atoms with Crippen molar-refractivity contribution in [3.05, 3.63) is 48.6 Å². The summed E-state index contributed by atoms with van der Waals surface area (Å²) in [6.45, 7) is 4.94. The summed E-state index contributed by atoms with van der Waals surface area (Å²) in [6.07, 6.45) is -1.16. The number of carbonyl (C=O) groups is 3. The summed E-state index contributed by atoms with van der Waals surface area (Å²) in [4.78, 5) is 35.0. The van der Waals surface area contributed by atoms with Crippen LogP contribution in [0.2, 0.25) is 0 Å². The van der Waals surface area contributed by atoms with Crippen molar-refractivity contribution in [2.75, 3.05) is 6.61 Å². The number of esters is 1. The van der Waals surface area contributed by atoms with Crippen LogP contribution in [-0.4, -0.2) is 37.0 Å². The van der Waals surface area contributed by atoms with E-state index in [1.54, 1.807) is 30.3 Å². The molecule has 0 saturated carbocycles. The van der Waals surface area contributed by atoms with Gasteiger partial charge in [-0.3, -0.25) is 4.79 Å². The average molecular weight is 319 g/mol. The Morgan fingerprint density at radius 1 is 1.35 bits per heavy atom. The molecule has 1 saturated heterocycles. The van der Waals surface area contributed by atoms with Crippen LogP contribution in [0.15, 0.2) is 43.0 Å². The van der Waals surface area contributed by atoms with Crippen molar-refractivity contribution in [3.8, 4) is 0 Å². The highest BCUT2D eigenvalue weighted by atomic mass is 16.7. The number of nitrogens with one attached hydrogen (secondary N) is 1. The van der Waals surface area contributed by atoms with E-state index >= 15 is 0 Å². The topological polar surface area (TPSA) is 90.9 Å². The molecule has 1 aromatic carbocycles. The molecule has 23 heavy (non-hydrogen) atoms. The number of hydrogen-bond acceptors (Lipinski definition) is 6. The third-order valence-electron chi connectivity index (χ3n) is 3.26. The first-order valence-corrected chi connectivity index (χ1v) is 7.03. The fourth-order valence-corrected chi connectivity index (χ4v) is 2.07. The Morgan fingerprint density at radius 3 is 2.65 bits per heavy atom. The molecule has 0 spiro atoms. The number of rotatable bonds is 6. The van der Waals surface area contributed by atoms with Gasteiger partial charge in [0.05, 0.1) is 5.56 Å². The standard InChI is InChI=1S/C16H17NO6/c1-3-9-21-16(20)22-10(2)12-13(18)17-14(12)23-15(19)11-7-5-4-6-8-11/h3-8,10,12,14H,1,9H2,2H3,(H,17,18)/t10-,12+,14-/m1/s1. The molecule has 2 rings (SSSR count). The molecule has 0 radical (unpaired) electrons. The van der Waals surface area contributed by atoms with Crippen LogP contribution in [0.5, 0.6) is 0 Å². The van der Waals surface area contributed by atoms with Crippen LogP contribution in [0.1, 0.15) is 17.3 Å². The molecule has 3 atom stereocenters. The van der Waals surface area contributed by atoms with Crippen LogP contribution in [-0.2, 0) is 19.0 Å². The van der Waals surface area contributed by atoms with Gasteiger partial charge < -0.3 is 19.5 Å². The third-order valence-corrected chi connectivity index (χ3v) is 3.26. The highest BCUT2D eigenvalue weighted by Gasteiger charge is 2.47. The summed E-state index contributed by atoms with van der Waals surface area (Å²) in [7, 11) is 0. The van der Waals surface area contributed by atoms with Crippen molar-refractivity contribution >= 4 is 18.0 Å². The predicted molar refractivity (Wildman–Crippen MR) is 79.4 cm³/mol. The van der Waals surface area contributed by atoms with E-state index in [0.717, 1.165) is 0 Å². The van der Waals surface area contributed by atoms with Crippen LogP contribution >= 0.6 is 0 Å². The lowest BCUT2D eigenvalue weighted by atomic mass is 9.93. The van der Waals surface area contributed by atoms with Gasteiger partial charge in [0.2, 0.25) is 5.91 Å². The Kier molecular flexibility index (Phi) is 5.35. The maximum absolute atomic E-state index is 12.0. The minimum absolute atomic E-state index is 0.00877. The lowest BCUT2D eigenvalue weighted by Gasteiger charge is -2.38. The van der Waals surface area contributed by atoms with E-state index in [1.807, 2.05) is 0 Å². The SMILES string of the molecule is C=CCOC(=O)O[C@H](C)[C@H]1C(=O)N[C@@H]1OC(=O)c1ccccc1. The number of β-lactam (4-membered cyclic amide) rings is 1. The van der Waals surface area contributed by atoms with Crippen LogP contribution in [0, 0.1) is 5.92 Å². The zero-order chi connectivity index (χ0) is 16.8. The Labute approximate surface area is 133 Å². The van der Waals surface area contributed by atoms with Crippen molar-refractivity contribution in [1.29, 1.82) is 0 Å². The van der Waals surface area contributed by atoms with Crippen molar-refractivity contribution < 1.29 is 28.6 Å². The summed E-state index contributed by atoms with van der Waals surface area (Å²) in [5, 5.41) is 2.46. The third kappa shape index (κ3) is 4.09. The van der Waals surface area contributed by atoms with Gasteiger partial charge in [-0.05, 0) is 19.1 Å². The molecule has 7 heteroatoms. The molecule has 1 heterocycles. The molecular formula is C16H17NO6. The van der Waals surface area contributed by atoms with Crippen molar-refractivity contribution in [2.45, 2.75) is 19.3 Å². The molecule has 7 nitrogen and oxygen atoms in total. The molecule has 1 N–H and O–H groups in total. The zero-order valence-corrected chi connectivity index (χ0v) is 12.6. The number of benzene rings is 1. The van der Waals surface area contributed by atoms with Gasteiger partial charge in [-0.2, -0.15) is 0 Å². The molecule has 0 bridgehead atoms. The molecule has 0 unspecified atom stereocenters. The maximum atomic E-state index is 12.0. The van der Waals surface area contributed by atoms with Gasteiger partial charge >= 0.3 is 12.1 Å². The smallest absolute Gasteiger partial charge is 0.437 e. The number of carbonyl (C=O) groups excluding carboxylic acids is 3. The average Bonchev–Trinajstić information content (AvgIpc) is 2.52. The first-order valence-electron chi connectivity index (χ1n) is 7.03. The second kappa shape index (κ2) is 7.44. The Morgan fingerprint density at radius 2 is 2.04 bits per heavy atom. The molecule has 1 aliphatic rings. The van der Waals surface area contributed by atoms with Gasteiger partial charge in [-0.1, -0.05) is 30.9 Å². The van der Waals surface area contributed by atoms with Crippen LogP contribution in [0.4, 0.5) is 4.79 Å². The zero-order valence-electron chi connectivity index (χ0n) is 12.6. The number of hydrogen-bond donors (Lipinski definition) is 1. The van der Waals surface area contributed by atoms with E-state index in [9.17, 15) is 14.4 Å². The minimum atomic E-state index is -0.912. The van der Waals surface area contributed by atoms with E-state index in [-0.39, 0.29) is 12.5 Å². The van der Waals surface area contributed by atoms with Gasteiger partial charge in [0.25, 0.3) is 0 Å². The molecule has 0 aliphatic carbocycles. The van der Waals surface area contributed by atoms with Crippen molar-refractivity contribution in [1.82, 2.24) is 5.32 Å². The number of ether oxygens (including phenoxy) is 3. The fourth-order valence-electron chi connectivity index (χ4n) is 2.07. The van der Waals surface area contributed by atoms with Crippen LogP contribution in [0.3, 0.4) is 0 Å². The highest BCUT2D eigenvalue weighted by Crippen LogP contribution is 2.24. The first-order chi connectivity index (χ1) is 11.0.